The number of anilines is 1. The lowest BCUT2D eigenvalue weighted by atomic mass is 9.92. The first-order valence-corrected chi connectivity index (χ1v) is 14.0. The van der Waals surface area contributed by atoms with Crippen LogP contribution in [0.3, 0.4) is 0 Å². The first-order chi connectivity index (χ1) is 19.5. The summed E-state index contributed by atoms with van der Waals surface area (Å²) in [6.45, 7) is 2.41. The van der Waals surface area contributed by atoms with Crippen molar-refractivity contribution in [3.63, 3.8) is 0 Å². The van der Waals surface area contributed by atoms with Crippen molar-refractivity contribution in [3.8, 4) is 23.1 Å². The average Bonchev–Trinajstić information content (AvgIpc) is 2.96. The van der Waals surface area contributed by atoms with Crippen LogP contribution < -0.4 is 15.4 Å². The number of hydrogen-bond donors (Lipinski definition) is 2. The van der Waals surface area contributed by atoms with Gasteiger partial charge in [0.05, 0.1) is 35.1 Å². The lowest BCUT2D eigenvalue weighted by molar-refractivity contribution is 0.0888. The first-order valence-electron chi connectivity index (χ1n) is 13.7. The lowest BCUT2D eigenvalue weighted by Gasteiger charge is -2.40. The fourth-order valence-corrected chi connectivity index (χ4v) is 5.36. The predicted molar refractivity (Wildman–Crippen MR) is 152 cm³/mol. The van der Waals surface area contributed by atoms with Crippen LogP contribution >= 0.6 is 11.6 Å². The molecule has 2 fully saturated rings. The zero-order chi connectivity index (χ0) is 27.9. The van der Waals surface area contributed by atoms with Crippen LogP contribution in [0.1, 0.15) is 48.2 Å². The highest BCUT2D eigenvalue weighted by atomic mass is 35.5. The van der Waals surface area contributed by atoms with E-state index in [9.17, 15) is 9.18 Å². The molecule has 40 heavy (non-hydrogen) atoms. The Hall–Kier alpha value is -3.74. The molecule has 2 heterocycles. The van der Waals surface area contributed by atoms with E-state index in [-0.39, 0.29) is 30.4 Å². The topological polar surface area (TPSA) is 103 Å². The molecule has 2 aromatic carbocycles. The van der Waals surface area contributed by atoms with Gasteiger partial charge in [0.25, 0.3) is 5.91 Å². The summed E-state index contributed by atoms with van der Waals surface area (Å²) in [5.41, 5.74) is 3.36. The fourth-order valence-electron chi connectivity index (χ4n) is 5.14. The Kier molecular flexibility index (Phi) is 9.09. The normalized spacial score (nSPS) is 19.3. The number of alkyl halides is 1. The van der Waals surface area contributed by atoms with Gasteiger partial charge in [-0.05, 0) is 68.5 Å². The molecule has 1 aliphatic carbocycles. The first kappa shape index (κ1) is 27.8. The third-order valence-corrected chi connectivity index (χ3v) is 7.70. The summed E-state index contributed by atoms with van der Waals surface area (Å²) in [6.07, 6.45) is 3.82. The van der Waals surface area contributed by atoms with Crippen LogP contribution in [-0.4, -0.2) is 65.5 Å². The van der Waals surface area contributed by atoms with Crippen molar-refractivity contribution >= 4 is 23.2 Å². The number of halogens is 2. The van der Waals surface area contributed by atoms with Crippen LogP contribution in [-0.2, 0) is 0 Å². The van der Waals surface area contributed by atoms with Crippen molar-refractivity contribution in [3.05, 3.63) is 70.9 Å². The number of carbonyl (C=O) groups excluding carboxylic acids is 1. The molecule has 208 valence electrons. The van der Waals surface area contributed by atoms with Crippen molar-refractivity contribution in [2.75, 3.05) is 31.6 Å². The van der Waals surface area contributed by atoms with E-state index >= 15 is 0 Å². The van der Waals surface area contributed by atoms with Crippen molar-refractivity contribution < 1.29 is 13.9 Å². The highest BCUT2D eigenvalue weighted by Crippen LogP contribution is 2.27. The van der Waals surface area contributed by atoms with E-state index in [2.05, 4.69) is 25.7 Å². The van der Waals surface area contributed by atoms with Gasteiger partial charge >= 0.3 is 0 Å². The molecule has 3 aromatic rings. The molecule has 2 aliphatic rings. The van der Waals surface area contributed by atoms with Crippen LogP contribution in [0.2, 0.25) is 5.02 Å². The Balaban J connectivity index is 1.06. The summed E-state index contributed by atoms with van der Waals surface area (Å²) in [6, 6.07) is 19.1. The van der Waals surface area contributed by atoms with Crippen molar-refractivity contribution in [2.45, 2.75) is 50.3 Å². The molecule has 5 rings (SSSR count). The minimum absolute atomic E-state index is 0.0358. The van der Waals surface area contributed by atoms with Gasteiger partial charge in [-0.3, -0.25) is 14.1 Å². The summed E-state index contributed by atoms with van der Waals surface area (Å²) in [5, 5.41) is 24.4. The number of likely N-dealkylation sites (tertiary alicyclic amines) is 1. The molecule has 1 aliphatic heterocycles. The van der Waals surface area contributed by atoms with Gasteiger partial charge in [-0.2, -0.15) is 5.26 Å². The number of ether oxygens (including phenoxy) is 1. The molecule has 0 unspecified atom stereocenters. The van der Waals surface area contributed by atoms with Gasteiger partial charge in [0.1, 0.15) is 11.8 Å². The highest BCUT2D eigenvalue weighted by Gasteiger charge is 2.26. The molecule has 0 atom stereocenters. The van der Waals surface area contributed by atoms with Gasteiger partial charge in [0.15, 0.2) is 5.69 Å². The smallest absolute Gasteiger partial charge is 0.272 e. The monoisotopic (exact) mass is 562 g/mol. The van der Waals surface area contributed by atoms with Gasteiger partial charge in [-0.15, -0.1) is 10.2 Å². The summed E-state index contributed by atoms with van der Waals surface area (Å²) < 4.78 is 18.3. The van der Waals surface area contributed by atoms with E-state index in [0.717, 1.165) is 56.6 Å². The van der Waals surface area contributed by atoms with Gasteiger partial charge < -0.3 is 15.4 Å². The van der Waals surface area contributed by atoms with Crippen LogP contribution in [0.25, 0.3) is 11.3 Å². The van der Waals surface area contributed by atoms with E-state index in [4.69, 9.17) is 21.6 Å². The maximum Gasteiger partial charge on any atom is 0.272 e. The van der Waals surface area contributed by atoms with Crippen molar-refractivity contribution in [1.29, 1.82) is 5.26 Å². The highest BCUT2D eigenvalue weighted by molar-refractivity contribution is 6.31. The second-order valence-corrected chi connectivity index (χ2v) is 10.8. The van der Waals surface area contributed by atoms with E-state index in [0.29, 0.717) is 34.5 Å². The molecule has 0 bridgehead atoms. The standard InChI is InChI=1S/C30H32ClFN6O2/c31-27-16-26(9-4-21(27)17-33)40-25-10-7-23(8-11-25)35-30(39)29-13-12-28(36-37-29)20-2-5-22(6-3-20)34-24-18-38(19-24)15-1-14-32/h2-6,9,12-13,16,23-25,34H,1,7-8,10-11,14-15,18-19H2,(H,35,39). The summed E-state index contributed by atoms with van der Waals surface area (Å²) in [7, 11) is 0. The molecule has 0 spiro atoms. The van der Waals surface area contributed by atoms with Crippen molar-refractivity contribution in [1.82, 2.24) is 20.4 Å². The van der Waals surface area contributed by atoms with Gasteiger partial charge in [-0.1, -0.05) is 23.7 Å². The number of nitriles is 1. The lowest BCUT2D eigenvalue weighted by Crippen LogP contribution is -2.54. The predicted octanol–water partition coefficient (Wildman–Crippen LogP) is 5.24. The second-order valence-electron chi connectivity index (χ2n) is 10.3. The van der Waals surface area contributed by atoms with E-state index in [1.165, 1.54) is 0 Å². The Labute approximate surface area is 238 Å². The molecular formula is C30H32ClFN6O2. The number of nitrogens with zero attached hydrogens (tertiary/aromatic N) is 4. The third kappa shape index (κ3) is 7.06. The van der Waals surface area contributed by atoms with Gasteiger partial charge in [0, 0.05) is 43.0 Å². The molecule has 8 nitrogen and oxygen atoms in total. The minimum atomic E-state index is -0.263. The van der Waals surface area contributed by atoms with Crippen LogP contribution in [0, 0.1) is 11.3 Å². The maximum absolute atomic E-state index is 12.8. The van der Waals surface area contributed by atoms with E-state index in [1.54, 1.807) is 24.3 Å². The summed E-state index contributed by atoms with van der Waals surface area (Å²) in [5.74, 6) is 0.414. The Morgan fingerprint density at radius 3 is 2.48 bits per heavy atom. The average molecular weight is 563 g/mol. The maximum atomic E-state index is 12.8. The summed E-state index contributed by atoms with van der Waals surface area (Å²) in [4.78, 5) is 15.0. The Bertz CT molecular complexity index is 1330. The number of aromatic nitrogens is 2. The van der Waals surface area contributed by atoms with E-state index < -0.39 is 0 Å². The number of hydrogen-bond acceptors (Lipinski definition) is 7. The molecule has 1 amide bonds. The summed E-state index contributed by atoms with van der Waals surface area (Å²) >= 11 is 6.10. The number of amides is 1. The number of benzene rings is 2. The van der Waals surface area contributed by atoms with Crippen LogP contribution in [0.5, 0.6) is 5.75 Å². The number of rotatable bonds is 10. The largest absolute Gasteiger partial charge is 0.490 e. The van der Waals surface area contributed by atoms with Crippen LogP contribution in [0.15, 0.2) is 54.6 Å². The molecule has 1 saturated carbocycles. The Morgan fingerprint density at radius 2 is 1.82 bits per heavy atom. The fraction of sp³-hybridized carbons (Fsp3) is 0.400. The molecule has 0 radical (unpaired) electrons. The minimum Gasteiger partial charge on any atom is -0.490 e. The Morgan fingerprint density at radius 1 is 1.05 bits per heavy atom. The third-order valence-electron chi connectivity index (χ3n) is 7.39. The van der Waals surface area contributed by atoms with Crippen LogP contribution in [0.4, 0.5) is 10.1 Å². The molecule has 1 saturated heterocycles. The van der Waals surface area contributed by atoms with E-state index in [1.807, 2.05) is 36.4 Å². The van der Waals surface area contributed by atoms with Crippen molar-refractivity contribution in [2.24, 2.45) is 0 Å². The quantitative estimate of drug-likeness (QED) is 0.348. The molecule has 10 heteroatoms. The second kappa shape index (κ2) is 13.1. The molecular weight excluding hydrogens is 531 g/mol. The number of carbonyl (C=O) groups is 1. The molecule has 2 N–H and O–H groups in total. The number of nitrogens with one attached hydrogen (secondary N) is 2. The van der Waals surface area contributed by atoms with Gasteiger partial charge in [0.2, 0.25) is 0 Å². The molecule has 1 aromatic heterocycles. The van der Waals surface area contributed by atoms with Gasteiger partial charge in [-0.25, -0.2) is 0 Å². The SMILES string of the molecule is N#Cc1ccc(OC2CCC(NC(=O)c3ccc(-c4ccc(NC5CN(CCCF)C5)cc4)nn3)CC2)cc1Cl. The zero-order valence-electron chi connectivity index (χ0n) is 22.2. The zero-order valence-corrected chi connectivity index (χ0v) is 22.9.